The van der Waals surface area contributed by atoms with E-state index in [1.807, 2.05) is 13.0 Å². The number of aryl methyl sites for hydroxylation is 1. The van der Waals surface area contributed by atoms with Crippen molar-refractivity contribution in [3.05, 3.63) is 59.1 Å². The third kappa shape index (κ3) is 5.28. The maximum absolute atomic E-state index is 12.0. The molecule has 0 radical (unpaired) electrons. The maximum Gasteiger partial charge on any atom is 0.344 e. The number of para-hydroxylation sites is 1. The summed E-state index contributed by atoms with van der Waals surface area (Å²) in [5.41, 5.74) is 1.48. The van der Waals surface area contributed by atoms with Gasteiger partial charge in [-0.2, -0.15) is 0 Å². The standard InChI is InChI=1S/C18H18ClNO4/c1-12-10-15(8-9-16(12)19)23-11-17(21)24-13(2)18(22)20-14-6-4-3-5-7-14/h3-10,13H,11H2,1-2H3,(H,20,22)/t13-/m0/s1. The van der Waals surface area contributed by atoms with Gasteiger partial charge in [0.05, 0.1) is 0 Å². The number of hydrogen-bond donors (Lipinski definition) is 1. The number of ether oxygens (including phenoxy) is 2. The lowest BCUT2D eigenvalue weighted by atomic mass is 10.2. The van der Waals surface area contributed by atoms with Gasteiger partial charge in [-0.15, -0.1) is 0 Å². The summed E-state index contributed by atoms with van der Waals surface area (Å²) >= 11 is 5.92. The van der Waals surface area contributed by atoms with Crippen LogP contribution in [0.25, 0.3) is 0 Å². The van der Waals surface area contributed by atoms with E-state index < -0.39 is 18.0 Å². The van der Waals surface area contributed by atoms with Gasteiger partial charge >= 0.3 is 5.97 Å². The van der Waals surface area contributed by atoms with Crippen LogP contribution in [0.4, 0.5) is 5.69 Å². The second kappa shape index (κ2) is 8.36. The van der Waals surface area contributed by atoms with Crippen molar-refractivity contribution in [2.24, 2.45) is 0 Å². The van der Waals surface area contributed by atoms with Crippen molar-refractivity contribution >= 4 is 29.2 Å². The van der Waals surface area contributed by atoms with Crippen LogP contribution in [0.1, 0.15) is 12.5 Å². The third-order valence-electron chi connectivity index (χ3n) is 3.20. The van der Waals surface area contributed by atoms with Gasteiger partial charge in [-0.25, -0.2) is 4.79 Å². The van der Waals surface area contributed by atoms with E-state index >= 15 is 0 Å². The summed E-state index contributed by atoms with van der Waals surface area (Å²) < 4.78 is 10.4. The Labute approximate surface area is 145 Å². The lowest BCUT2D eigenvalue weighted by molar-refractivity contribution is -0.155. The van der Waals surface area contributed by atoms with Crippen LogP contribution in [0, 0.1) is 6.92 Å². The highest BCUT2D eigenvalue weighted by Crippen LogP contribution is 2.21. The van der Waals surface area contributed by atoms with Crippen molar-refractivity contribution in [1.82, 2.24) is 0 Å². The summed E-state index contributed by atoms with van der Waals surface area (Å²) in [7, 11) is 0. The monoisotopic (exact) mass is 347 g/mol. The number of esters is 1. The molecule has 0 bridgehead atoms. The minimum Gasteiger partial charge on any atom is -0.482 e. The highest BCUT2D eigenvalue weighted by molar-refractivity contribution is 6.31. The van der Waals surface area contributed by atoms with Gasteiger partial charge in [0.2, 0.25) is 0 Å². The number of amides is 1. The van der Waals surface area contributed by atoms with Gasteiger partial charge in [-0.3, -0.25) is 4.79 Å². The molecule has 0 aliphatic carbocycles. The average Bonchev–Trinajstić information content (AvgIpc) is 2.56. The Morgan fingerprint density at radius 2 is 1.88 bits per heavy atom. The van der Waals surface area contributed by atoms with Gasteiger partial charge in [0, 0.05) is 10.7 Å². The Morgan fingerprint density at radius 3 is 2.54 bits per heavy atom. The van der Waals surface area contributed by atoms with Crippen LogP contribution < -0.4 is 10.1 Å². The van der Waals surface area contributed by atoms with E-state index in [1.165, 1.54) is 6.92 Å². The summed E-state index contributed by atoms with van der Waals surface area (Å²) in [6.45, 7) is 3.05. The Hall–Kier alpha value is -2.53. The minimum absolute atomic E-state index is 0.288. The summed E-state index contributed by atoms with van der Waals surface area (Å²) in [5, 5.41) is 3.28. The topological polar surface area (TPSA) is 64.6 Å². The van der Waals surface area contributed by atoms with Crippen molar-refractivity contribution in [2.45, 2.75) is 20.0 Å². The van der Waals surface area contributed by atoms with Crippen molar-refractivity contribution in [3.8, 4) is 5.75 Å². The number of rotatable bonds is 6. The molecule has 1 amide bonds. The molecule has 6 heteroatoms. The smallest absolute Gasteiger partial charge is 0.344 e. The quantitative estimate of drug-likeness (QED) is 0.811. The van der Waals surface area contributed by atoms with Crippen LogP contribution in [-0.2, 0) is 14.3 Å². The largest absolute Gasteiger partial charge is 0.482 e. The molecule has 2 aromatic carbocycles. The van der Waals surface area contributed by atoms with Gasteiger partial charge < -0.3 is 14.8 Å². The number of carbonyl (C=O) groups excluding carboxylic acids is 2. The lowest BCUT2D eigenvalue weighted by Crippen LogP contribution is -2.31. The van der Waals surface area contributed by atoms with Crippen LogP contribution in [-0.4, -0.2) is 24.6 Å². The molecular formula is C18H18ClNO4. The van der Waals surface area contributed by atoms with Crippen molar-refractivity contribution in [3.63, 3.8) is 0 Å². The number of nitrogens with one attached hydrogen (secondary N) is 1. The van der Waals surface area contributed by atoms with Crippen LogP contribution in [0.15, 0.2) is 48.5 Å². The average molecular weight is 348 g/mol. The van der Waals surface area contributed by atoms with E-state index in [0.717, 1.165) is 5.56 Å². The van der Waals surface area contributed by atoms with E-state index in [4.69, 9.17) is 21.1 Å². The first-order chi connectivity index (χ1) is 11.5. The molecule has 0 unspecified atom stereocenters. The molecule has 0 aromatic heterocycles. The van der Waals surface area contributed by atoms with E-state index in [-0.39, 0.29) is 6.61 Å². The first kappa shape index (κ1) is 17.8. The van der Waals surface area contributed by atoms with Crippen molar-refractivity contribution in [2.75, 3.05) is 11.9 Å². The number of hydrogen-bond acceptors (Lipinski definition) is 4. The maximum atomic E-state index is 12.0. The van der Waals surface area contributed by atoms with Crippen molar-refractivity contribution < 1.29 is 19.1 Å². The molecule has 0 fully saturated rings. The molecule has 1 atom stereocenters. The van der Waals surface area contributed by atoms with E-state index in [0.29, 0.717) is 16.5 Å². The first-order valence-corrected chi connectivity index (χ1v) is 7.78. The van der Waals surface area contributed by atoms with Crippen molar-refractivity contribution in [1.29, 1.82) is 0 Å². The van der Waals surface area contributed by atoms with Gasteiger partial charge in [0.15, 0.2) is 12.7 Å². The number of benzene rings is 2. The fourth-order valence-corrected chi connectivity index (χ4v) is 2.02. The van der Waals surface area contributed by atoms with Crippen LogP contribution in [0.2, 0.25) is 5.02 Å². The fraction of sp³-hybridized carbons (Fsp3) is 0.222. The second-order valence-electron chi connectivity index (χ2n) is 5.19. The molecule has 2 aromatic rings. The molecule has 24 heavy (non-hydrogen) atoms. The number of anilines is 1. The Bertz CT molecular complexity index is 718. The van der Waals surface area contributed by atoms with E-state index in [9.17, 15) is 9.59 Å². The van der Waals surface area contributed by atoms with Crippen LogP contribution >= 0.6 is 11.6 Å². The number of halogens is 1. The Kier molecular flexibility index (Phi) is 6.21. The summed E-state index contributed by atoms with van der Waals surface area (Å²) in [5.74, 6) is -0.523. The highest BCUT2D eigenvalue weighted by Gasteiger charge is 2.18. The van der Waals surface area contributed by atoms with Crippen LogP contribution in [0.5, 0.6) is 5.75 Å². The molecule has 2 rings (SSSR count). The predicted octanol–water partition coefficient (Wildman–Crippen LogP) is 3.60. The first-order valence-electron chi connectivity index (χ1n) is 7.40. The SMILES string of the molecule is Cc1cc(OCC(=O)O[C@@H](C)C(=O)Nc2ccccc2)ccc1Cl. The molecule has 126 valence electrons. The van der Waals surface area contributed by atoms with E-state index in [2.05, 4.69) is 5.32 Å². The summed E-state index contributed by atoms with van der Waals surface area (Å²) in [6.07, 6.45) is -0.923. The fourth-order valence-electron chi connectivity index (χ4n) is 1.90. The predicted molar refractivity (Wildman–Crippen MR) is 92.3 cm³/mol. The molecule has 5 nitrogen and oxygen atoms in total. The van der Waals surface area contributed by atoms with Crippen LogP contribution in [0.3, 0.4) is 0 Å². The zero-order chi connectivity index (χ0) is 17.5. The third-order valence-corrected chi connectivity index (χ3v) is 3.63. The van der Waals surface area contributed by atoms with Gasteiger partial charge in [-0.1, -0.05) is 29.8 Å². The highest BCUT2D eigenvalue weighted by atomic mass is 35.5. The second-order valence-corrected chi connectivity index (χ2v) is 5.59. The van der Waals surface area contributed by atoms with Gasteiger partial charge in [0.25, 0.3) is 5.91 Å². The Morgan fingerprint density at radius 1 is 1.17 bits per heavy atom. The molecular weight excluding hydrogens is 330 g/mol. The minimum atomic E-state index is -0.923. The molecule has 0 saturated heterocycles. The molecule has 0 saturated carbocycles. The summed E-state index contributed by atoms with van der Waals surface area (Å²) in [4.78, 5) is 23.7. The zero-order valence-electron chi connectivity index (χ0n) is 13.4. The van der Waals surface area contributed by atoms with Gasteiger partial charge in [-0.05, 0) is 49.7 Å². The molecule has 0 aliphatic heterocycles. The number of carbonyl (C=O) groups is 2. The lowest BCUT2D eigenvalue weighted by Gasteiger charge is -2.14. The summed E-state index contributed by atoms with van der Waals surface area (Å²) in [6, 6.07) is 14.0. The van der Waals surface area contributed by atoms with E-state index in [1.54, 1.807) is 42.5 Å². The zero-order valence-corrected chi connectivity index (χ0v) is 14.2. The molecule has 1 N–H and O–H groups in total. The normalized spacial score (nSPS) is 11.5. The van der Waals surface area contributed by atoms with Gasteiger partial charge in [0.1, 0.15) is 5.75 Å². The molecule has 0 aliphatic rings. The Balaban J connectivity index is 1.80. The molecule has 0 spiro atoms. The molecule has 0 heterocycles.